The van der Waals surface area contributed by atoms with E-state index < -0.39 is 36.8 Å². The molecule has 6 heteroatoms. The number of hydrogen-bond acceptors (Lipinski definition) is 2. The molecule has 1 fully saturated rings. The summed E-state index contributed by atoms with van der Waals surface area (Å²) in [7, 11) is 1.19. The molecular weight excluding hydrogens is 187 g/mol. The normalized spacial score (nSPS) is 21.1. The highest BCUT2D eigenvalue weighted by Gasteiger charge is 2.46. The van der Waals surface area contributed by atoms with Crippen molar-refractivity contribution in [1.82, 2.24) is 4.90 Å². The number of alkyl halides is 3. The van der Waals surface area contributed by atoms with Gasteiger partial charge in [-0.25, -0.2) is 0 Å². The van der Waals surface area contributed by atoms with Crippen molar-refractivity contribution in [2.24, 2.45) is 5.92 Å². The highest BCUT2D eigenvalue weighted by molar-refractivity contribution is 5.97. The van der Waals surface area contributed by atoms with E-state index in [4.69, 9.17) is 0 Å². The quantitative estimate of drug-likeness (QED) is 0.539. The fourth-order valence-corrected chi connectivity index (χ4v) is 1.14. The molecule has 3 nitrogen and oxygen atoms in total. The predicted octanol–water partition coefficient (Wildman–Crippen LogP) is 0.944. The number of imide groups is 1. The van der Waals surface area contributed by atoms with Crippen LogP contribution in [0.1, 0.15) is 12.8 Å². The molecule has 0 aromatic rings. The SMILES string of the molecule is CN1C(=O)CC(C(F)(F)F)CC1=O. The molecule has 0 aromatic heterocycles. The number of carbonyl (C=O) groups excluding carboxylic acids is 2. The molecule has 2 amide bonds. The summed E-state index contributed by atoms with van der Waals surface area (Å²) in [6, 6.07) is 0. The average Bonchev–Trinajstić information content (AvgIpc) is 1.97. The van der Waals surface area contributed by atoms with Crippen molar-refractivity contribution in [3.05, 3.63) is 0 Å². The van der Waals surface area contributed by atoms with E-state index in [1.807, 2.05) is 0 Å². The molecule has 0 saturated carbocycles. The molecule has 1 aliphatic rings. The first-order valence-corrected chi connectivity index (χ1v) is 3.68. The molecule has 0 atom stereocenters. The Morgan fingerprint density at radius 3 is 1.92 bits per heavy atom. The number of amides is 2. The maximum atomic E-state index is 12.1. The molecule has 1 heterocycles. The number of likely N-dealkylation sites (tertiary alicyclic amines) is 1. The van der Waals surface area contributed by atoms with Gasteiger partial charge in [-0.15, -0.1) is 0 Å². The Morgan fingerprint density at radius 1 is 1.23 bits per heavy atom. The Labute approximate surface area is 72.5 Å². The van der Waals surface area contributed by atoms with Crippen LogP contribution in [0.5, 0.6) is 0 Å². The van der Waals surface area contributed by atoms with Gasteiger partial charge in [-0.3, -0.25) is 14.5 Å². The van der Waals surface area contributed by atoms with Crippen LogP contribution >= 0.6 is 0 Å². The summed E-state index contributed by atoms with van der Waals surface area (Å²) >= 11 is 0. The van der Waals surface area contributed by atoms with Crippen LogP contribution in [-0.4, -0.2) is 29.9 Å². The first-order chi connectivity index (χ1) is 5.82. The molecule has 0 N–H and O–H groups in total. The smallest absolute Gasteiger partial charge is 0.286 e. The largest absolute Gasteiger partial charge is 0.392 e. The molecule has 1 aliphatic heterocycles. The van der Waals surface area contributed by atoms with Crippen molar-refractivity contribution < 1.29 is 22.8 Å². The van der Waals surface area contributed by atoms with Gasteiger partial charge in [-0.05, 0) is 0 Å². The minimum atomic E-state index is -4.45. The third kappa shape index (κ3) is 1.99. The maximum absolute atomic E-state index is 12.1. The number of rotatable bonds is 0. The van der Waals surface area contributed by atoms with E-state index in [1.54, 1.807) is 0 Å². The third-order valence-electron chi connectivity index (χ3n) is 2.05. The Hall–Kier alpha value is -1.07. The molecule has 0 unspecified atom stereocenters. The highest BCUT2D eigenvalue weighted by atomic mass is 19.4. The summed E-state index contributed by atoms with van der Waals surface area (Å²) in [5.41, 5.74) is 0. The number of halogens is 3. The molecule has 74 valence electrons. The average molecular weight is 195 g/mol. The third-order valence-corrected chi connectivity index (χ3v) is 2.05. The van der Waals surface area contributed by atoms with E-state index in [0.29, 0.717) is 0 Å². The van der Waals surface area contributed by atoms with Crippen LogP contribution in [0.3, 0.4) is 0 Å². The molecule has 1 saturated heterocycles. The molecule has 0 spiro atoms. The summed E-state index contributed by atoms with van der Waals surface area (Å²) in [6.45, 7) is 0. The van der Waals surface area contributed by atoms with Gasteiger partial charge in [0.2, 0.25) is 11.8 Å². The van der Waals surface area contributed by atoms with Gasteiger partial charge in [0.25, 0.3) is 0 Å². The highest BCUT2D eigenvalue weighted by Crippen LogP contribution is 2.34. The van der Waals surface area contributed by atoms with Crippen molar-refractivity contribution in [2.45, 2.75) is 19.0 Å². The number of piperidine rings is 1. The van der Waals surface area contributed by atoms with E-state index in [2.05, 4.69) is 0 Å². The predicted molar refractivity (Wildman–Crippen MR) is 36.6 cm³/mol. The topological polar surface area (TPSA) is 37.4 Å². The summed E-state index contributed by atoms with van der Waals surface area (Å²) < 4.78 is 36.3. The first kappa shape index (κ1) is 10.0. The van der Waals surface area contributed by atoms with E-state index in [9.17, 15) is 22.8 Å². The summed E-state index contributed by atoms with van der Waals surface area (Å²) in [6.07, 6.45) is -5.69. The standard InChI is InChI=1S/C7H8F3NO2/c1-11-5(12)2-4(3-6(11)13)7(8,9)10/h4H,2-3H2,1H3. The van der Waals surface area contributed by atoms with Crippen molar-refractivity contribution in [3.8, 4) is 0 Å². The van der Waals surface area contributed by atoms with Crippen LogP contribution in [-0.2, 0) is 9.59 Å². The van der Waals surface area contributed by atoms with Crippen molar-refractivity contribution in [3.63, 3.8) is 0 Å². The van der Waals surface area contributed by atoms with Gasteiger partial charge in [-0.1, -0.05) is 0 Å². The Bertz CT molecular complexity index is 231. The zero-order valence-electron chi connectivity index (χ0n) is 6.89. The van der Waals surface area contributed by atoms with E-state index in [-0.39, 0.29) is 0 Å². The lowest BCUT2D eigenvalue weighted by atomic mass is 9.95. The van der Waals surface area contributed by atoms with Crippen LogP contribution in [0.25, 0.3) is 0 Å². The van der Waals surface area contributed by atoms with Gasteiger partial charge in [0.1, 0.15) is 0 Å². The second kappa shape index (κ2) is 3.01. The van der Waals surface area contributed by atoms with Crippen LogP contribution in [0.2, 0.25) is 0 Å². The van der Waals surface area contributed by atoms with Crippen molar-refractivity contribution >= 4 is 11.8 Å². The van der Waals surface area contributed by atoms with Gasteiger partial charge in [0.15, 0.2) is 0 Å². The molecule has 0 radical (unpaired) electrons. The Kier molecular flexibility index (Phi) is 2.32. The van der Waals surface area contributed by atoms with Crippen LogP contribution in [0.4, 0.5) is 13.2 Å². The van der Waals surface area contributed by atoms with Crippen LogP contribution in [0.15, 0.2) is 0 Å². The van der Waals surface area contributed by atoms with Gasteiger partial charge in [0, 0.05) is 19.9 Å². The molecular formula is C7H8F3NO2. The van der Waals surface area contributed by atoms with E-state index >= 15 is 0 Å². The second-order valence-corrected chi connectivity index (χ2v) is 2.99. The lowest BCUT2D eigenvalue weighted by molar-refractivity contribution is -0.192. The monoisotopic (exact) mass is 195 g/mol. The van der Waals surface area contributed by atoms with Gasteiger partial charge in [0.05, 0.1) is 5.92 Å². The number of nitrogens with zero attached hydrogens (tertiary/aromatic N) is 1. The zero-order chi connectivity index (χ0) is 10.2. The minimum absolute atomic E-state index is 0.619. The second-order valence-electron chi connectivity index (χ2n) is 2.99. The fraction of sp³-hybridized carbons (Fsp3) is 0.714. The minimum Gasteiger partial charge on any atom is -0.286 e. The lowest BCUT2D eigenvalue weighted by Gasteiger charge is -2.28. The summed E-state index contributed by atoms with van der Waals surface area (Å²) in [5, 5.41) is 0. The van der Waals surface area contributed by atoms with Crippen LogP contribution in [0, 0.1) is 5.92 Å². The summed E-state index contributed by atoms with van der Waals surface area (Å²) in [5.74, 6) is -3.33. The fourth-order valence-electron chi connectivity index (χ4n) is 1.14. The summed E-state index contributed by atoms with van der Waals surface area (Å²) in [4.78, 5) is 22.5. The molecule has 0 aromatic carbocycles. The first-order valence-electron chi connectivity index (χ1n) is 3.68. The lowest BCUT2D eigenvalue weighted by Crippen LogP contribution is -2.44. The van der Waals surface area contributed by atoms with Gasteiger partial charge in [-0.2, -0.15) is 13.2 Å². The molecule has 0 bridgehead atoms. The van der Waals surface area contributed by atoms with E-state index in [1.165, 1.54) is 7.05 Å². The molecule has 1 rings (SSSR count). The van der Waals surface area contributed by atoms with Crippen molar-refractivity contribution in [1.29, 1.82) is 0 Å². The number of carbonyl (C=O) groups is 2. The van der Waals surface area contributed by atoms with Crippen molar-refractivity contribution in [2.75, 3.05) is 7.05 Å². The van der Waals surface area contributed by atoms with Gasteiger partial charge >= 0.3 is 6.18 Å². The number of hydrogen-bond donors (Lipinski definition) is 0. The Morgan fingerprint density at radius 2 is 1.62 bits per heavy atom. The molecule has 13 heavy (non-hydrogen) atoms. The molecule has 0 aliphatic carbocycles. The zero-order valence-corrected chi connectivity index (χ0v) is 6.89. The van der Waals surface area contributed by atoms with Gasteiger partial charge < -0.3 is 0 Å². The van der Waals surface area contributed by atoms with E-state index in [0.717, 1.165) is 4.90 Å². The van der Waals surface area contributed by atoms with Crippen LogP contribution < -0.4 is 0 Å². The maximum Gasteiger partial charge on any atom is 0.392 e. The Balaban J connectivity index is 2.75.